The Morgan fingerprint density at radius 2 is 2.06 bits per heavy atom. The van der Waals surface area contributed by atoms with Gasteiger partial charge < -0.3 is 0 Å². The van der Waals surface area contributed by atoms with Crippen LogP contribution in [-0.4, -0.2) is 15.4 Å². The highest BCUT2D eigenvalue weighted by Crippen LogP contribution is 2.27. The molecule has 2 rings (SSSR count). The van der Waals surface area contributed by atoms with Gasteiger partial charge in [0, 0.05) is 30.1 Å². The molecule has 0 aliphatic heterocycles. The molecule has 0 radical (unpaired) electrons. The first-order valence-corrected chi connectivity index (χ1v) is 4.78. The first-order chi connectivity index (χ1) is 7.52. The monoisotopic (exact) mass is 218 g/mol. The predicted molar refractivity (Wildman–Crippen MR) is 59.6 cm³/mol. The highest BCUT2D eigenvalue weighted by molar-refractivity contribution is 5.94. The average molecular weight is 218 g/mol. The molecule has 0 N–H and O–H groups in total. The van der Waals surface area contributed by atoms with Gasteiger partial charge in [-0.15, -0.1) is 0 Å². The lowest BCUT2D eigenvalue weighted by molar-refractivity contribution is -0.385. The number of carbonyl (C=O) groups excluding carboxylic acids is 1. The van der Waals surface area contributed by atoms with Gasteiger partial charge >= 0.3 is 0 Å². The summed E-state index contributed by atoms with van der Waals surface area (Å²) in [5.74, 6) is -0.108. The van der Waals surface area contributed by atoms with Crippen LogP contribution in [0, 0.1) is 17.0 Å². The number of fused-ring (bicyclic) bond motifs is 1. The van der Waals surface area contributed by atoms with Crippen LogP contribution in [-0.2, 0) is 0 Å². The summed E-state index contributed by atoms with van der Waals surface area (Å²) in [4.78, 5) is 21.6. The van der Waals surface area contributed by atoms with E-state index < -0.39 is 4.92 Å². The maximum absolute atomic E-state index is 11.3. The number of rotatable bonds is 1. The fourth-order valence-corrected chi connectivity index (χ4v) is 1.82. The van der Waals surface area contributed by atoms with Crippen LogP contribution in [0.5, 0.6) is 0 Å². The number of nitro benzene ring substituents is 1. The lowest BCUT2D eigenvalue weighted by Gasteiger charge is -2.01. The van der Waals surface area contributed by atoms with Gasteiger partial charge in [0.2, 0.25) is 5.91 Å². The van der Waals surface area contributed by atoms with Crippen molar-refractivity contribution >= 4 is 22.5 Å². The van der Waals surface area contributed by atoms with E-state index in [2.05, 4.69) is 0 Å². The Labute approximate surface area is 91.4 Å². The normalized spacial score (nSPS) is 10.6. The second-order valence-corrected chi connectivity index (χ2v) is 3.60. The first-order valence-electron chi connectivity index (χ1n) is 4.78. The zero-order valence-electron chi connectivity index (χ0n) is 8.93. The van der Waals surface area contributed by atoms with Crippen molar-refractivity contribution < 1.29 is 9.72 Å². The lowest BCUT2D eigenvalue weighted by Crippen LogP contribution is -2.03. The number of hydrogen-bond acceptors (Lipinski definition) is 3. The molecule has 5 heteroatoms. The molecular weight excluding hydrogens is 208 g/mol. The number of nitrogens with zero attached hydrogens (tertiary/aromatic N) is 2. The van der Waals surface area contributed by atoms with E-state index in [0.29, 0.717) is 11.1 Å². The average Bonchev–Trinajstić information content (AvgIpc) is 2.61. The molecule has 0 fully saturated rings. The number of hydrogen-bond donors (Lipinski definition) is 0. The second-order valence-electron chi connectivity index (χ2n) is 3.60. The van der Waals surface area contributed by atoms with Gasteiger partial charge in [-0.1, -0.05) is 0 Å². The summed E-state index contributed by atoms with van der Waals surface area (Å²) in [5, 5.41) is 11.5. The molecule has 0 bridgehead atoms. The zero-order chi connectivity index (χ0) is 11.9. The summed E-state index contributed by atoms with van der Waals surface area (Å²) in [6.07, 6.45) is 1.63. The molecule has 0 spiro atoms. The van der Waals surface area contributed by atoms with Gasteiger partial charge in [-0.2, -0.15) is 0 Å². The van der Waals surface area contributed by atoms with E-state index in [0.717, 1.165) is 5.39 Å². The van der Waals surface area contributed by atoms with E-state index in [4.69, 9.17) is 0 Å². The minimum Gasteiger partial charge on any atom is -0.287 e. The molecule has 0 saturated carbocycles. The van der Waals surface area contributed by atoms with Crippen LogP contribution in [0.2, 0.25) is 0 Å². The van der Waals surface area contributed by atoms with E-state index in [1.165, 1.54) is 17.6 Å². The Bertz CT molecular complexity index is 599. The summed E-state index contributed by atoms with van der Waals surface area (Å²) >= 11 is 0. The van der Waals surface area contributed by atoms with E-state index in [-0.39, 0.29) is 11.6 Å². The van der Waals surface area contributed by atoms with Crippen molar-refractivity contribution in [1.29, 1.82) is 0 Å². The van der Waals surface area contributed by atoms with Crippen molar-refractivity contribution in [2.75, 3.05) is 0 Å². The first kappa shape index (κ1) is 10.4. The molecule has 0 unspecified atom stereocenters. The molecule has 0 amide bonds. The van der Waals surface area contributed by atoms with E-state index in [9.17, 15) is 14.9 Å². The maximum Gasteiger partial charge on any atom is 0.273 e. The van der Waals surface area contributed by atoms with Crippen LogP contribution in [0.15, 0.2) is 24.4 Å². The van der Waals surface area contributed by atoms with Gasteiger partial charge in [0.25, 0.3) is 5.69 Å². The van der Waals surface area contributed by atoms with E-state index >= 15 is 0 Å². The molecule has 82 valence electrons. The number of aromatic nitrogens is 1. The SMILES string of the molecule is CC(=O)n1ccc2c(C)c([N+](=O)[O-])ccc21. The largest absolute Gasteiger partial charge is 0.287 e. The smallest absolute Gasteiger partial charge is 0.273 e. The van der Waals surface area contributed by atoms with E-state index in [1.807, 2.05) is 0 Å². The fraction of sp³-hybridized carbons (Fsp3) is 0.182. The third-order valence-corrected chi connectivity index (χ3v) is 2.65. The predicted octanol–water partition coefficient (Wildman–Crippen LogP) is 2.52. The van der Waals surface area contributed by atoms with Crippen molar-refractivity contribution in [1.82, 2.24) is 4.57 Å². The van der Waals surface area contributed by atoms with Crippen molar-refractivity contribution in [3.05, 3.63) is 40.1 Å². The van der Waals surface area contributed by atoms with Gasteiger partial charge in [0.05, 0.1) is 10.4 Å². The fourth-order valence-electron chi connectivity index (χ4n) is 1.82. The standard InChI is InChI=1S/C11H10N2O3/c1-7-9-5-6-12(8(2)14)11(9)4-3-10(7)13(15)16/h3-6H,1-2H3. The second kappa shape index (κ2) is 3.44. The molecule has 0 saturated heterocycles. The van der Waals surface area contributed by atoms with Crippen molar-refractivity contribution in [3.63, 3.8) is 0 Å². The maximum atomic E-state index is 11.3. The highest BCUT2D eigenvalue weighted by Gasteiger charge is 2.15. The summed E-state index contributed by atoms with van der Waals surface area (Å²) in [7, 11) is 0. The lowest BCUT2D eigenvalue weighted by atomic mass is 10.1. The van der Waals surface area contributed by atoms with Crippen molar-refractivity contribution in [2.24, 2.45) is 0 Å². The molecule has 1 aromatic heterocycles. The molecule has 0 atom stereocenters. The minimum absolute atomic E-state index is 0.0776. The van der Waals surface area contributed by atoms with E-state index in [1.54, 1.807) is 25.3 Å². The van der Waals surface area contributed by atoms with Gasteiger partial charge in [-0.05, 0) is 19.1 Å². The van der Waals surface area contributed by atoms with Gasteiger partial charge in [-0.3, -0.25) is 19.5 Å². The van der Waals surface area contributed by atoms with Crippen LogP contribution < -0.4 is 0 Å². The number of carbonyl (C=O) groups is 1. The number of nitro groups is 1. The Kier molecular flexibility index (Phi) is 2.23. The summed E-state index contributed by atoms with van der Waals surface area (Å²) in [6.45, 7) is 3.14. The number of aryl methyl sites for hydroxylation is 1. The van der Waals surface area contributed by atoms with Gasteiger partial charge in [-0.25, -0.2) is 0 Å². The third-order valence-electron chi connectivity index (χ3n) is 2.65. The van der Waals surface area contributed by atoms with Crippen molar-refractivity contribution in [3.8, 4) is 0 Å². The van der Waals surface area contributed by atoms with Gasteiger partial charge in [0.1, 0.15) is 0 Å². The molecule has 5 nitrogen and oxygen atoms in total. The Hall–Kier alpha value is -2.17. The van der Waals surface area contributed by atoms with Gasteiger partial charge in [0.15, 0.2) is 0 Å². The molecule has 2 aromatic rings. The molecule has 1 heterocycles. The molecule has 16 heavy (non-hydrogen) atoms. The zero-order valence-corrected chi connectivity index (χ0v) is 8.93. The summed E-state index contributed by atoms with van der Waals surface area (Å²) in [5.41, 5.74) is 1.37. The molecule has 0 aliphatic rings. The van der Waals surface area contributed by atoms with Crippen LogP contribution in [0.25, 0.3) is 10.9 Å². The quantitative estimate of drug-likeness (QED) is 0.545. The molecule has 1 aromatic carbocycles. The Morgan fingerprint density at radius 3 is 2.62 bits per heavy atom. The minimum atomic E-state index is -0.417. The number of benzene rings is 1. The Morgan fingerprint density at radius 1 is 1.38 bits per heavy atom. The highest BCUT2D eigenvalue weighted by atomic mass is 16.6. The van der Waals surface area contributed by atoms with Crippen LogP contribution in [0.4, 0.5) is 5.69 Å². The topological polar surface area (TPSA) is 65.1 Å². The molecular formula is C11H10N2O3. The van der Waals surface area contributed by atoms with Crippen LogP contribution in [0.3, 0.4) is 0 Å². The molecule has 0 aliphatic carbocycles. The van der Waals surface area contributed by atoms with Crippen LogP contribution in [0.1, 0.15) is 17.3 Å². The van der Waals surface area contributed by atoms with Crippen molar-refractivity contribution in [2.45, 2.75) is 13.8 Å². The summed E-state index contributed by atoms with van der Waals surface area (Å²) < 4.78 is 1.48. The summed E-state index contributed by atoms with van der Waals surface area (Å²) in [6, 6.07) is 4.75. The third kappa shape index (κ3) is 1.37. The van der Waals surface area contributed by atoms with Crippen LogP contribution >= 0.6 is 0 Å². The Balaban J connectivity index is 2.78.